The highest BCUT2D eigenvalue weighted by molar-refractivity contribution is 7.89. The van der Waals surface area contributed by atoms with E-state index in [1.807, 2.05) is 6.92 Å². The number of rotatable bonds is 8. The van der Waals surface area contributed by atoms with Gasteiger partial charge in [-0.15, -0.1) is 0 Å². The second kappa shape index (κ2) is 11.3. The number of esters is 1. The van der Waals surface area contributed by atoms with Gasteiger partial charge in [-0.05, 0) is 76.5 Å². The van der Waals surface area contributed by atoms with Gasteiger partial charge >= 0.3 is 5.97 Å². The van der Waals surface area contributed by atoms with Crippen LogP contribution >= 0.6 is 0 Å². The molecule has 2 saturated heterocycles. The summed E-state index contributed by atoms with van der Waals surface area (Å²) in [6.45, 7) is 4.27. The average Bonchev–Trinajstić information content (AvgIpc) is 3.36. The van der Waals surface area contributed by atoms with Crippen molar-refractivity contribution in [2.45, 2.75) is 87.6 Å². The highest BCUT2D eigenvalue weighted by Gasteiger charge is 2.42. The molecule has 0 amide bonds. The number of pyridine rings is 1. The molecule has 0 bridgehead atoms. The van der Waals surface area contributed by atoms with E-state index in [-0.39, 0.29) is 30.3 Å². The molecule has 0 spiro atoms. The molecule has 4 rings (SSSR count). The van der Waals surface area contributed by atoms with E-state index in [4.69, 9.17) is 4.74 Å². The van der Waals surface area contributed by atoms with Crippen LogP contribution in [0, 0.1) is 12.8 Å². The van der Waals surface area contributed by atoms with Crippen molar-refractivity contribution in [1.29, 1.82) is 0 Å². The minimum atomic E-state index is -3.94. The van der Waals surface area contributed by atoms with E-state index in [0.717, 1.165) is 31.5 Å². The topological polar surface area (TPSA) is 91.8 Å². The first-order valence-corrected chi connectivity index (χ1v) is 14.5. The number of halogens is 2. The molecule has 202 valence electrons. The minimum Gasteiger partial charge on any atom is -0.468 e. The van der Waals surface area contributed by atoms with Gasteiger partial charge < -0.3 is 15.0 Å². The Kier molecular flexibility index (Phi) is 8.51. The fourth-order valence-corrected chi connectivity index (χ4v) is 7.51. The Labute approximate surface area is 212 Å². The first-order valence-electron chi connectivity index (χ1n) is 13.0. The number of piperidine rings is 1. The third kappa shape index (κ3) is 6.16. The van der Waals surface area contributed by atoms with Gasteiger partial charge in [0.05, 0.1) is 7.11 Å². The summed E-state index contributed by atoms with van der Waals surface area (Å²) in [6, 6.07) is 2.62. The highest BCUT2D eigenvalue weighted by Crippen LogP contribution is 2.35. The highest BCUT2D eigenvalue weighted by atomic mass is 32.2. The molecule has 8 nitrogen and oxygen atoms in total. The summed E-state index contributed by atoms with van der Waals surface area (Å²) in [5, 5.41) is 3.45. The molecule has 1 aliphatic carbocycles. The molecule has 36 heavy (non-hydrogen) atoms. The Morgan fingerprint density at radius 2 is 1.89 bits per heavy atom. The average molecular weight is 529 g/mol. The smallest absolute Gasteiger partial charge is 0.324 e. The second-order valence-electron chi connectivity index (χ2n) is 10.4. The van der Waals surface area contributed by atoms with Gasteiger partial charge in [-0.3, -0.25) is 4.79 Å². The lowest BCUT2D eigenvalue weighted by Crippen LogP contribution is -2.43. The van der Waals surface area contributed by atoms with Gasteiger partial charge in [0.1, 0.15) is 16.8 Å². The Morgan fingerprint density at radius 3 is 2.61 bits per heavy atom. The van der Waals surface area contributed by atoms with Crippen molar-refractivity contribution in [2.75, 3.05) is 38.2 Å². The van der Waals surface area contributed by atoms with E-state index < -0.39 is 28.0 Å². The van der Waals surface area contributed by atoms with Crippen molar-refractivity contribution in [3.63, 3.8) is 0 Å². The summed E-state index contributed by atoms with van der Waals surface area (Å²) in [6.07, 6.45) is 4.80. The normalized spacial score (nSPS) is 25.7. The fraction of sp³-hybridized carbons (Fsp3) is 0.760. The van der Waals surface area contributed by atoms with Crippen LogP contribution in [0.15, 0.2) is 17.0 Å². The van der Waals surface area contributed by atoms with E-state index >= 15 is 0 Å². The maximum Gasteiger partial charge on any atom is 0.324 e. The zero-order valence-corrected chi connectivity index (χ0v) is 22.0. The van der Waals surface area contributed by atoms with Crippen molar-refractivity contribution >= 4 is 21.8 Å². The Balaban J connectivity index is 1.44. The van der Waals surface area contributed by atoms with E-state index in [0.29, 0.717) is 50.5 Å². The summed E-state index contributed by atoms with van der Waals surface area (Å²) >= 11 is 0. The number of nitrogens with one attached hydrogen (secondary N) is 1. The fourth-order valence-electron chi connectivity index (χ4n) is 5.71. The molecule has 0 radical (unpaired) electrons. The van der Waals surface area contributed by atoms with Crippen molar-refractivity contribution in [2.24, 2.45) is 5.92 Å². The van der Waals surface area contributed by atoms with Crippen molar-refractivity contribution in [3.8, 4) is 0 Å². The second-order valence-corrected chi connectivity index (χ2v) is 12.3. The molecule has 3 fully saturated rings. The SMILES string of the molecule is COC(=O)[C@@H]1CCCN1S(=O)(=O)c1ccc(C)nc1N1CCC[C@H](CCNC2CCC(F)(F)CC2)C1. The number of anilines is 1. The molecular formula is C25H38F2N4O4S. The molecule has 1 aromatic rings. The van der Waals surface area contributed by atoms with Gasteiger partial charge in [0, 0.05) is 44.2 Å². The van der Waals surface area contributed by atoms with Crippen LogP contribution in [0.3, 0.4) is 0 Å². The number of hydrogen-bond acceptors (Lipinski definition) is 7. The maximum absolute atomic E-state index is 13.7. The number of hydrogen-bond donors (Lipinski definition) is 1. The minimum absolute atomic E-state index is 0.0496. The number of sulfonamides is 1. The maximum atomic E-state index is 13.7. The van der Waals surface area contributed by atoms with Crippen LogP contribution in [0.4, 0.5) is 14.6 Å². The lowest BCUT2D eigenvalue weighted by molar-refractivity contribution is -0.144. The largest absolute Gasteiger partial charge is 0.468 e. The summed E-state index contributed by atoms with van der Waals surface area (Å²) in [7, 11) is -2.67. The predicted molar refractivity (Wildman–Crippen MR) is 133 cm³/mol. The third-order valence-electron chi connectivity index (χ3n) is 7.76. The number of alkyl halides is 2. The number of aryl methyl sites for hydroxylation is 1. The van der Waals surface area contributed by atoms with Gasteiger partial charge in [0.25, 0.3) is 0 Å². The monoisotopic (exact) mass is 528 g/mol. The van der Waals surface area contributed by atoms with Crippen LogP contribution in [-0.2, 0) is 19.6 Å². The van der Waals surface area contributed by atoms with E-state index in [1.165, 1.54) is 11.4 Å². The standard InChI is InChI=1S/C25H38F2N4O4S/c1-18-7-8-22(36(33,34)31-16-4-6-21(31)24(32)35-2)23(29-18)30-15-3-5-19(17-30)11-14-28-20-9-12-25(26,27)13-10-20/h7-8,19-21,28H,3-6,9-17H2,1-2H3/t19-,21+/m1/s1. The molecule has 2 aliphatic heterocycles. The van der Waals surface area contributed by atoms with Crippen LogP contribution in [0.1, 0.15) is 63.5 Å². The number of carbonyl (C=O) groups excluding carboxylic acids is 1. The van der Waals surface area contributed by atoms with Crippen LogP contribution in [0.5, 0.6) is 0 Å². The van der Waals surface area contributed by atoms with Gasteiger partial charge in [-0.2, -0.15) is 4.31 Å². The van der Waals surface area contributed by atoms with Crippen LogP contribution in [0.2, 0.25) is 0 Å². The molecule has 1 saturated carbocycles. The lowest BCUT2D eigenvalue weighted by atomic mass is 9.91. The van der Waals surface area contributed by atoms with Crippen molar-refractivity contribution < 1.29 is 26.7 Å². The Hall–Kier alpha value is -1.85. The third-order valence-corrected chi connectivity index (χ3v) is 9.69. The van der Waals surface area contributed by atoms with E-state index in [2.05, 4.69) is 15.2 Å². The van der Waals surface area contributed by atoms with Gasteiger partial charge in [0.15, 0.2) is 0 Å². The van der Waals surface area contributed by atoms with Gasteiger partial charge in [-0.1, -0.05) is 0 Å². The number of aromatic nitrogens is 1. The summed E-state index contributed by atoms with van der Waals surface area (Å²) in [5.41, 5.74) is 0.729. The van der Waals surface area contributed by atoms with E-state index in [9.17, 15) is 22.0 Å². The van der Waals surface area contributed by atoms with Gasteiger partial charge in [-0.25, -0.2) is 22.2 Å². The van der Waals surface area contributed by atoms with Gasteiger partial charge in [0.2, 0.25) is 15.9 Å². The Bertz CT molecular complexity index is 1030. The summed E-state index contributed by atoms with van der Waals surface area (Å²) < 4.78 is 60.3. The molecule has 1 N–H and O–H groups in total. The molecule has 0 unspecified atom stereocenters. The number of methoxy groups -OCH3 is 1. The molecule has 3 aliphatic rings. The molecule has 0 aromatic carbocycles. The van der Waals surface area contributed by atoms with Crippen molar-refractivity contribution in [3.05, 3.63) is 17.8 Å². The predicted octanol–water partition coefficient (Wildman–Crippen LogP) is 3.49. The molecular weight excluding hydrogens is 490 g/mol. The van der Waals surface area contributed by atoms with Crippen LogP contribution < -0.4 is 10.2 Å². The number of ether oxygens (including phenoxy) is 1. The molecule has 3 heterocycles. The first-order chi connectivity index (χ1) is 17.1. The Morgan fingerprint density at radius 1 is 1.17 bits per heavy atom. The zero-order chi connectivity index (χ0) is 25.9. The van der Waals surface area contributed by atoms with E-state index in [1.54, 1.807) is 12.1 Å². The number of nitrogens with zero attached hydrogens (tertiary/aromatic N) is 3. The zero-order valence-electron chi connectivity index (χ0n) is 21.2. The summed E-state index contributed by atoms with van der Waals surface area (Å²) in [5.74, 6) is -2.27. The van der Waals surface area contributed by atoms with Crippen LogP contribution in [-0.4, -0.2) is 75.0 Å². The molecule has 1 aromatic heterocycles. The first kappa shape index (κ1) is 27.2. The summed E-state index contributed by atoms with van der Waals surface area (Å²) in [4.78, 5) is 19.1. The van der Waals surface area contributed by atoms with Crippen molar-refractivity contribution in [1.82, 2.24) is 14.6 Å². The van der Waals surface area contributed by atoms with Crippen LogP contribution in [0.25, 0.3) is 0 Å². The molecule has 2 atom stereocenters. The number of carbonyl (C=O) groups is 1. The lowest BCUT2D eigenvalue weighted by Gasteiger charge is -2.36. The quantitative estimate of drug-likeness (QED) is 0.517. The molecule has 11 heteroatoms.